The molecule has 0 spiro atoms. The lowest BCUT2D eigenvalue weighted by Crippen LogP contribution is -2.29. The Morgan fingerprint density at radius 3 is 2.58 bits per heavy atom. The van der Waals surface area contributed by atoms with Crippen molar-refractivity contribution in [3.05, 3.63) is 0 Å². The molecule has 2 N–H and O–H groups in total. The second kappa shape index (κ2) is 7.53. The van der Waals surface area contributed by atoms with Crippen molar-refractivity contribution in [2.24, 2.45) is 0 Å². The number of aliphatic hydroxyl groups excluding tert-OH is 1. The fourth-order valence-electron chi connectivity index (χ4n) is 0.780. The van der Waals surface area contributed by atoms with Crippen LogP contribution in [0.3, 0.4) is 0 Å². The van der Waals surface area contributed by atoms with Crippen LogP contribution in [0.15, 0.2) is 0 Å². The van der Waals surface area contributed by atoms with Crippen molar-refractivity contribution in [1.29, 1.82) is 0 Å². The summed E-state index contributed by atoms with van der Waals surface area (Å²) in [7, 11) is 0. The number of hydrogen-bond donors (Lipinski definition) is 2. The third-order valence-corrected chi connectivity index (χ3v) is 1.58. The van der Waals surface area contributed by atoms with Gasteiger partial charge in [0.15, 0.2) is 0 Å². The van der Waals surface area contributed by atoms with Crippen molar-refractivity contribution in [3.8, 4) is 0 Å². The molecule has 0 heterocycles. The van der Waals surface area contributed by atoms with Crippen molar-refractivity contribution in [3.63, 3.8) is 0 Å². The van der Waals surface area contributed by atoms with Crippen LogP contribution in [0.2, 0.25) is 0 Å². The minimum Gasteiger partial charge on any atom is -0.392 e. The van der Waals surface area contributed by atoms with Crippen molar-refractivity contribution in [2.45, 2.75) is 39.4 Å². The zero-order valence-electron chi connectivity index (χ0n) is 8.34. The first kappa shape index (κ1) is 11.9. The average molecular weight is 175 g/mol. The van der Waals surface area contributed by atoms with Gasteiger partial charge in [-0.25, -0.2) is 0 Å². The third-order valence-electron chi connectivity index (χ3n) is 1.58. The maximum absolute atomic E-state index is 9.16. The first-order chi connectivity index (χ1) is 5.66. The highest BCUT2D eigenvalue weighted by Crippen LogP contribution is 1.87. The molecule has 0 aliphatic rings. The Hall–Kier alpha value is -0.120. The summed E-state index contributed by atoms with van der Waals surface area (Å²) in [4.78, 5) is 0. The summed E-state index contributed by atoms with van der Waals surface area (Å²) in [5, 5.41) is 12.3. The summed E-state index contributed by atoms with van der Waals surface area (Å²) in [6, 6.07) is 0. The molecule has 0 aromatic carbocycles. The number of hydrogen-bond acceptors (Lipinski definition) is 3. The van der Waals surface area contributed by atoms with Crippen LogP contribution in [0.5, 0.6) is 0 Å². The van der Waals surface area contributed by atoms with Crippen LogP contribution in [0.1, 0.15) is 27.2 Å². The Bertz CT molecular complexity index is 96.5. The van der Waals surface area contributed by atoms with Crippen molar-refractivity contribution in [1.82, 2.24) is 5.32 Å². The van der Waals surface area contributed by atoms with Gasteiger partial charge >= 0.3 is 0 Å². The summed E-state index contributed by atoms with van der Waals surface area (Å²) in [5.41, 5.74) is 0. The van der Waals surface area contributed by atoms with Gasteiger partial charge in [-0.05, 0) is 20.3 Å². The van der Waals surface area contributed by atoms with E-state index in [9.17, 15) is 0 Å². The molecule has 1 unspecified atom stereocenters. The maximum atomic E-state index is 9.16. The Morgan fingerprint density at radius 1 is 1.42 bits per heavy atom. The maximum Gasteiger partial charge on any atom is 0.0662 e. The van der Waals surface area contributed by atoms with Crippen LogP contribution in [0, 0.1) is 0 Å². The summed E-state index contributed by atoms with van der Waals surface area (Å²) in [5.74, 6) is 0. The Labute approximate surface area is 75.1 Å². The molecule has 3 nitrogen and oxygen atoms in total. The van der Waals surface area contributed by atoms with E-state index in [2.05, 4.69) is 5.32 Å². The van der Waals surface area contributed by atoms with E-state index < -0.39 is 0 Å². The molecular formula is C9H21NO2. The van der Waals surface area contributed by atoms with Gasteiger partial charge in [-0.15, -0.1) is 0 Å². The Kier molecular flexibility index (Phi) is 7.45. The van der Waals surface area contributed by atoms with Crippen molar-refractivity contribution < 1.29 is 9.84 Å². The smallest absolute Gasteiger partial charge is 0.0662 e. The minimum absolute atomic E-state index is 0.218. The summed E-state index contributed by atoms with van der Waals surface area (Å²) >= 11 is 0. The van der Waals surface area contributed by atoms with Crippen LogP contribution < -0.4 is 5.32 Å². The van der Waals surface area contributed by atoms with E-state index in [1.807, 2.05) is 20.8 Å². The zero-order chi connectivity index (χ0) is 9.40. The highest BCUT2D eigenvalue weighted by molar-refractivity contribution is 4.56. The van der Waals surface area contributed by atoms with Crippen LogP contribution >= 0.6 is 0 Å². The van der Waals surface area contributed by atoms with Crippen molar-refractivity contribution >= 4 is 0 Å². The molecule has 0 fully saturated rings. The molecule has 0 aliphatic carbocycles. The molecule has 0 saturated heterocycles. The summed E-state index contributed by atoms with van der Waals surface area (Å²) in [6.07, 6.45) is 0.879. The highest BCUT2D eigenvalue weighted by Gasteiger charge is 1.98. The van der Waals surface area contributed by atoms with Gasteiger partial charge in [-0.1, -0.05) is 6.92 Å². The topological polar surface area (TPSA) is 41.5 Å². The lowest BCUT2D eigenvalue weighted by atomic mass is 10.3. The molecule has 0 saturated carbocycles. The van der Waals surface area contributed by atoms with Gasteiger partial charge < -0.3 is 15.2 Å². The number of aliphatic hydroxyl groups is 1. The normalized spacial score (nSPS) is 13.8. The Morgan fingerprint density at radius 2 is 2.08 bits per heavy atom. The number of rotatable bonds is 7. The molecule has 0 aromatic heterocycles. The van der Waals surface area contributed by atoms with Gasteiger partial charge in [0.25, 0.3) is 0 Å². The highest BCUT2D eigenvalue weighted by atomic mass is 16.5. The van der Waals surface area contributed by atoms with Crippen LogP contribution in [0.25, 0.3) is 0 Å². The molecule has 74 valence electrons. The van der Waals surface area contributed by atoms with E-state index >= 15 is 0 Å². The van der Waals surface area contributed by atoms with Crippen LogP contribution in [-0.4, -0.2) is 37.0 Å². The lowest BCUT2D eigenvalue weighted by Gasteiger charge is -2.10. The van der Waals surface area contributed by atoms with E-state index in [1.54, 1.807) is 0 Å². The lowest BCUT2D eigenvalue weighted by molar-refractivity contribution is 0.0780. The minimum atomic E-state index is -0.218. The fourth-order valence-corrected chi connectivity index (χ4v) is 0.780. The average Bonchev–Trinajstić information content (AvgIpc) is 2.03. The Balaban J connectivity index is 3.00. The van der Waals surface area contributed by atoms with Gasteiger partial charge in [-0.2, -0.15) is 0 Å². The quantitative estimate of drug-likeness (QED) is 0.562. The fraction of sp³-hybridized carbons (Fsp3) is 1.00. The first-order valence-corrected chi connectivity index (χ1v) is 4.67. The standard InChI is InChI=1S/C9H21NO2/c1-4-9(11)7-10-5-6-12-8(2)3/h8-11H,4-7H2,1-3H3. The van der Waals surface area contributed by atoms with Gasteiger partial charge in [0, 0.05) is 13.1 Å². The zero-order valence-corrected chi connectivity index (χ0v) is 8.34. The summed E-state index contributed by atoms with van der Waals surface area (Å²) < 4.78 is 5.31. The molecule has 0 aliphatic heterocycles. The van der Waals surface area contributed by atoms with E-state index in [0.717, 1.165) is 13.0 Å². The molecule has 0 rings (SSSR count). The summed E-state index contributed by atoms with van der Waals surface area (Å²) in [6.45, 7) is 8.19. The monoisotopic (exact) mass is 175 g/mol. The SMILES string of the molecule is CCC(O)CNCCOC(C)C. The second-order valence-electron chi connectivity index (χ2n) is 3.19. The molecular weight excluding hydrogens is 154 g/mol. The van der Waals surface area contributed by atoms with Gasteiger partial charge in [0.05, 0.1) is 18.8 Å². The third kappa shape index (κ3) is 7.98. The van der Waals surface area contributed by atoms with E-state index in [4.69, 9.17) is 9.84 Å². The first-order valence-electron chi connectivity index (χ1n) is 4.67. The van der Waals surface area contributed by atoms with Gasteiger partial charge in [-0.3, -0.25) is 0 Å². The number of ether oxygens (including phenoxy) is 1. The molecule has 0 amide bonds. The van der Waals surface area contributed by atoms with E-state index in [-0.39, 0.29) is 6.10 Å². The predicted octanol–water partition coefficient (Wildman–Crippen LogP) is 0.772. The number of nitrogens with one attached hydrogen (secondary N) is 1. The predicted molar refractivity (Wildman–Crippen MR) is 50.3 cm³/mol. The second-order valence-corrected chi connectivity index (χ2v) is 3.19. The molecule has 12 heavy (non-hydrogen) atoms. The van der Waals surface area contributed by atoms with Crippen LogP contribution in [0.4, 0.5) is 0 Å². The molecule has 1 atom stereocenters. The molecule has 0 radical (unpaired) electrons. The molecule has 0 bridgehead atoms. The van der Waals surface area contributed by atoms with E-state index in [0.29, 0.717) is 19.3 Å². The van der Waals surface area contributed by atoms with Crippen LogP contribution in [-0.2, 0) is 4.74 Å². The van der Waals surface area contributed by atoms with Gasteiger partial charge in [0.2, 0.25) is 0 Å². The van der Waals surface area contributed by atoms with Gasteiger partial charge in [0.1, 0.15) is 0 Å². The van der Waals surface area contributed by atoms with Crippen molar-refractivity contribution in [2.75, 3.05) is 19.7 Å². The molecule has 3 heteroatoms. The largest absolute Gasteiger partial charge is 0.392 e. The molecule has 0 aromatic rings. The van der Waals surface area contributed by atoms with E-state index in [1.165, 1.54) is 0 Å².